The Balaban J connectivity index is 2.64. The van der Waals surface area contributed by atoms with Gasteiger partial charge in [0.15, 0.2) is 0 Å². The van der Waals surface area contributed by atoms with Gasteiger partial charge >= 0.3 is 0 Å². The van der Waals surface area contributed by atoms with E-state index >= 15 is 0 Å². The normalized spacial score (nSPS) is 27.8. The van der Waals surface area contributed by atoms with Crippen LogP contribution in [0, 0.1) is 6.92 Å². The van der Waals surface area contributed by atoms with Gasteiger partial charge in [-0.15, -0.1) is 0 Å². The van der Waals surface area contributed by atoms with Crippen LogP contribution in [0.25, 0.3) is 0 Å². The maximum absolute atomic E-state index is 2.42. The van der Waals surface area contributed by atoms with Crippen molar-refractivity contribution in [3.05, 3.63) is 34.9 Å². The fourth-order valence-corrected chi connectivity index (χ4v) is 3.23. The van der Waals surface area contributed by atoms with Crippen molar-refractivity contribution in [2.45, 2.75) is 58.3 Å². The van der Waals surface area contributed by atoms with Crippen LogP contribution >= 0.6 is 0 Å². The zero-order valence-electron chi connectivity index (χ0n) is 10.6. The smallest absolute Gasteiger partial charge is 0.00666 e. The molecule has 0 saturated carbocycles. The largest absolute Gasteiger partial charge is 0.0645 e. The Morgan fingerprint density at radius 3 is 2.40 bits per heavy atom. The summed E-state index contributed by atoms with van der Waals surface area (Å²) >= 11 is 0. The molecule has 0 unspecified atom stereocenters. The first-order valence-corrected chi connectivity index (χ1v) is 6.01. The lowest BCUT2D eigenvalue weighted by atomic mass is 9.78. The van der Waals surface area contributed by atoms with Crippen molar-refractivity contribution in [1.29, 1.82) is 0 Å². The summed E-state index contributed by atoms with van der Waals surface area (Å²) in [5.74, 6) is 0. The fraction of sp³-hybridized carbons (Fsp3) is 0.600. The van der Waals surface area contributed by atoms with Crippen molar-refractivity contribution < 1.29 is 0 Å². The highest BCUT2D eigenvalue weighted by Crippen LogP contribution is 2.51. The van der Waals surface area contributed by atoms with Gasteiger partial charge in [0, 0.05) is 0 Å². The molecule has 0 heteroatoms. The highest BCUT2D eigenvalue weighted by Gasteiger charge is 2.43. The maximum Gasteiger partial charge on any atom is -0.00666 e. The lowest BCUT2D eigenvalue weighted by molar-refractivity contribution is 0.366. The van der Waals surface area contributed by atoms with Crippen LogP contribution in [0.15, 0.2) is 18.2 Å². The van der Waals surface area contributed by atoms with Gasteiger partial charge in [-0.05, 0) is 41.7 Å². The quantitative estimate of drug-likeness (QED) is 0.635. The van der Waals surface area contributed by atoms with Gasteiger partial charge in [0.05, 0.1) is 0 Å². The molecule has 1 aromatic rings. The third-order valence-corrected chi connectivity index (χ3v) is 4.17. The molecule has 1 aromatic carbocycles. The van der Waals surface area contributed by atoms with Crippen LogP contribution in [0.1, 0.15) is 57.2 Å². The predicted octanol–water partition coefficient (Wildman–Crippen LogP) is 4.34. The van der Waals surface area contributed by atoms with E-state index < -0.39 is 0 Å². The van der Waals surface area contributed by atoms with Crippen LogP contribution in [-0.2, 0) is 10.8 Å². The molecule has 0 N–H and O–H groups in total. The van der Waals surface area contributed by atoms with Crippen LogP contribution in [0.5, 0.6) is 0 Å². The Bertz CT molecular complexity index is 387. The number of hydrogen-bond donors (Lipinski definition) is 0. The summed E-state index contributed by atoms with van der Waals surface area (Å²) < 4.78 is 0. The van der Waals surface area contributed by atoms with Crippen molar-refractivity contribution in [1.82, 2.24) is 0 Å². The topological polar surface area (TPSA) is 0 Å². The minimum absolute atomic E-state index is 0.355. The molecule has 0 spiro atoms. The number of hydrogen-bond acceptors (Lipinski definition) is 0. The van der Waals surface area contributed by atoms with Gasteiger partial charge in [-0.25, -0.2) is 0 Å². The second-order valence-corrected chi connectivity index (χ2v) is 6.02. The minimum atomic E-state index is 0.355. The Kier molecular flexibility index (Phi) is 2.22. The van der Waals surface area contributed by atoms with Crippen LogP contribution in [0.4, 0.5) is 0 Å². The van der Waals surface area contributed by atoms with Crippen molar-refractivity contribution >= 4 is 0 Å². The lowest BCUT2D eigenvalue weighted by Gasteiger charge is -2.26. The second kappa shape index (κ2) is 3.10. The summed E-state index contributed by atoms with van der Waals surface area (Å²) in [6, 6.07) is 6.99. The molecule has 1 aliphatic carbocycles. The molecule has 0 fully saturated rings. The molecule has 0 aromatic heterocycles. The van der Waals surface area contributed by atoms with Crippen molar-refractivity contribution in [3.63, 3.8) is 0 Å². The average molecular weight is 202 g/mol. The molecule has 0 saturated heterocycles. The third kappa shape index (κ3) is 1.51. The molecule has 0 nitrogen and oxygen atoms in total. The molecule has 1 atom stereocenters. The van der Waals surface area contributed by atoms with Gasteiger partial charge in [-0.1, -0.05) is 51.5 Å². The summed E-state index contributed by atoms with van der Waals surface area (Å²) in [4.78, 5) is 0. The highest BCUT2D eigenvalue weighted by atomic mass is 14.5. The Labute approximate surface area is 93.7 Å². The second-order valence-electron chi connectivity index (χ2n) is 6.02. The van der Waals surface area contributed by atoms with Gasteiger partial charge in [0.1, 0.15) is 0 Å². The predicted molar refractivity (Wildman–Crippen MR) is 66.5 cm³/mol. The zero-order chi connectivity index (χ0) is 11.3. The molecular formula is C15H22. The minimum Gasteiger partial charge on any atom is -0.0645 e. The van der Waals surface area contributed by atoms with E-state index in [1.807, 2.05) is 0 Å². The summed E-state index contributed by atoms with van der Waals surface area (Å²) in [7, 11) is 0. The van der Waals surface area contributed by atoms with Crippen LogP contribution in [-0.4, -0.2) is 0 Å². The average Bonchev–Trinajstić information content (AvgIpc) is 2.35. The Morgan fingerprint density at radius 1 is 1.13 bits per heavy atom. The molecule has 0 aliphatic heterocycles. The first-order chi connectivity index (χ1) is 6.89. The van der Waals surface area contributed by atoms with E-state index in [9.17, 15) is 0 Å². The molecule has 15 heavy (non-hydrogen) atoms. The number of rotatable bonds is 1. The van der Waals surface area contributed by atoms with Crippen LogP contribution < -0.4 is 0 Å². The van der Waals surface area contributed by atoms with Crippen molar-refractivity contribution in [2.75, 3.05) is 0 Å². The van der Waals surface area contributed by atoms with Crippen molar-refractivity contribution in [2.24, 2.45) is 0 Å². The number of benzene rings is 1. The summed E-state index contributed by atoms with van der Waals surface area (Å²) in [6.45, 7) is 11.7. The van der Waals surface area contributed by atoms with Crippen LogP contribution in [0.3, 0.4) is 0 Å². The lowest BCUT2D eigenvalue weighted by Crippen LogP contribution is -2.20. The molecule has 1 aliphatic rings. The van der Waals surface area contributed by atoms with Gasteiger partial charge in [-0.3, -0.25) is 0 Å². The van der Waals surface area contributed by atoms with Gasteiger partial charge in [0.2, 0.25) is 0 Å². The molecule has 0 heterocycles. The Morgan fingerprint density at radius 2 is 1.80 bits per heavy atom. The summed E-state index contributed by atoms with van der Waals surface area (Å²) in [5, 5.41) is 0. The molecule has 0 amide bonds. The number of fused-ring (bicyclic) bond motifs is 1. The highest BCUT2D eigenvalue weighted by molar-refractivity contribution is 5.46. The maximum atomic E-state index is 2.42. The van der Waals surface area contributed by atoms with E-state index in [4.69, 9.17) is 0 Å². The fourth-order valence-electron chi connectivity index (χ4n) is 3.23. The van der Waals surface area contributed by atoms with Gasteiger partial charge in [-0.2, -0.15) is 0 Å². The van der Waals surface area contributed by atoms with Crippen molar-refractivity contribution in [3.8, 4) is 0 Å². The Hall–Kier alpha value is -0.780. The van der Waals surface area contributed by atoms with E-state index in [0.29, 0.717) is 10.8 Å². The zero-order valence-corrected chi connectivity index (χ0v) is 10.6. The van der Waals surface area contributed by atoms with E-state index in [0.717, 1.165) is 0 Å². The molecule has 0 radical (unpaired) electrons. The molecule has 2 rings (SSSR count). The third-order valence-electron chi connectivity index (χ3n) is 4.17. The molecule has 0 bridgehead atoms. The standard InChI is InChI=1S/C15H22/c1-6-15(5)10-14(3,4)12-8-7-11(2)9-13(12)15/h7-9H,6,10H2,1-5H3/t15-/m1/s1. The van der Waals surface area contributed by atoms with Gasteiger partial charge in [0.25, 0.3) is 0 Å². The summed E-state index contributed by atoms with van der Waals surface area (Å²) in [5.41, 5.74) is 5.30. The monoisotopic (exact) mass is 202 g/mol. The van der Waals surface area contributed by atoms with E-state index in [1.165, 1.54) is 18.4 Å². The molecular weight excluding hydrogens is 180 g/mol. The first-order valence-electron chi connectivity index (χ1n) is 6.01. The van der Waals surface area contributed by atoms with E-state index in [2.05, 4.69) is 52.8 Å². The first kappa shape index (κ1) is 10.7. The number of aryl methyl sites for hydroxylation is 1. The summed E-state index contributed by atoms with van der Waals surface area (Å²) in [6.07, 6.45) is 2.53. The van der Waals surface area contributed by atoms with Gasteiger partial charge < -0.3 is 0 Å². The van der Waals surface area contributed by atoms with E-state index in [-0.39, 0.29) is 0 Å². The molecule has 82 valence electrons. The van der Waals surface area contributed by atoms with Crippen LogP contribution in [0.2, 0.25) is 0 Å². The van der Waals surface area contributed by atoms with E-state index in [1.54, 1.807) is 11.1 Å². The SMILES string of the molecule is CC[C@]1(C)CC(C)(C)c2ccc(C)cc21.